The monoisotopic (exact) mass is 629 g/mol. The zero-order chi connectivity index (χ0) is 28.7. The van der Waals surface area contributed by atoms with Crippen LogP contribution in [0.4, 0.5) is 5.13 Å². The molecule has 0 aromatic carbocycles. The number of thiazole rings is 2. The van der Waals surface area contributed by atoms with Gasteiger partial charge in [-0.15, -0.1) is 34.4 Å². The molecule has 3 aliphatic rings. The Morgan fingerprint density at radius 2 is 2.17 bits per heavy atom. The number of thioether (sulfide) groups is 2. The van der Waals surface area contributed by atoms with Gasteiger partial charge in [0.2, 0.25) is 0 Å². The summed E-state index contributed by atoms with van der Waals surface area (Å²) in [6, 6.07) is 3.26. The van der Waals surface area contributed by atoms with Gasteiger partial charge in [-0.3, -0.25) is 14.5 Å². The van der Waals surface area contributed by atoms with Crippen LogP contribution in [0.5, 0.6) is 0 Å². The van der Waals surface area contributed by atoms with Crippen LogP contribution in [0.25, 0.3) is 0 Å². The molecule has 5 heterocycles. The largest absolute Gasteiger partial charge is 0.543 e. The minimum absolute atomic E-state index is 0.141. The molecule has 212 valence electrons. The lowest BCUT2D eigenvalue weighted by Crippen LogP contribution is -2.71. The maximum atomic E-state index is 13.1. The van der Waals surface area contributed by atoms with Crippen LogP contribution in [0.1, 0.15) is 29.1 Å². The van der Waals surface area contributed by atoms with Gasteiger partial charge in [-0.2, -0.15) is 4.57 Å². The number of nitrogens with one attached hydrogen (secondary N) is 1. The van der Waals surface area contributed by atoms with Gasteiger partial charge in [-0.25, -0.2) is 9.97 Å². The van der Waals surface area contributed by atoms with Crippen molar-refractivity contribution >= 4 is 74.8 Å². The van der Waals surface area contributed by atoms with E-state index in [0.29, 0.717) is 21.5 Å². The van der Waals surface area contributed by atoms with Crippen molar-refractivity contribution in [2.24, 2.45) is 5.16 Å². The summed E-state index contributed by atoms with van der Waals surface area (Å²) in [7, 11) is 1.28. The van der Waals surface area contributed by atoms with E-state index < -0.39 is 29.2 Å². The smallest absolute Gasteiger partial charge is 0.276 e. The van der Waals surface area contributed by atoms with Crippen LogP contribution in [0.3, 0.4) is 0 Å². The molecule has 2 aliphatic heterocycles. The Kier molecular flexibility index (Phi) is 7.72. The normalized spacial score (nSPS) is 20.0. The number of carbonyl (C=O) groups excluding carboxylic acids is 3. The van der Waals surface area contributed by atoms with Gasteiger partial charge in [0.25, 0.3) is 11.8 Å². The molecule has 2 atom stereocenters. The number of nitrogen functional groups attached to an aromatic ring is 1. The second-order valence-electron chi connectivity index (χ2n) is 9.28. The Morgan fingerprint density at radius 1 is 1.32 bits per heavy atom. The summed E-state index contributed by atoms with van der Waals surface area (Å²) in [6.45, 7) is 0.636. The standard InChI is InChI=1S/C25H23N7O5S4/c1-37-30-17(14-10-39-24(26)28-14)20(33)29-18-21(34)32-19(23(35)36)16(11-38-22(18)32)41-25-27-13(9-40-25)8-31-7-3-5-12-4-2-6-15(12)31/h3,5,7,9-10,18,22H,2,4,6,8,11H2,1H3,(H3-,26,28,29,33,35,36)/b30-17-/t18-,22-/m1/s1. The van der Waals surface area contributed by atoms with Gasteiger partial charge in [0.15, 0.2) is 33.6 Å². The van der Waals surface area contributed by atoms with Crippen molar-refractivity contribution in [3.05, 3.63) is 62.3 Å². The number of nitrogens with two attached hydrogens (primary N) is 1. The number of β-lactam (4-membered cyclic amide) rings is 1. The van der Waals surface area contributed by atoms with Gasteiger partial charge in [0.05, 0.1) is 11.7 Å². The molecule has 1 aliphatic carbocycles. The Balaban J connectivity index is 1.16. The van der Waals surface area contributed by atoms with Gasteiger partial charge >= 0.3 is 0 Å². The van der Waals surface area contributed by atoms with Crippen LogP contribution in [-0.4, -0.2) is 62.6 Å². The number of aliphatic carboxylic acids is 1. The minimum atomic E-state index is -1.46. The van der Waals surface area contributed by atoms with E-state index in [9.17, 15) is 19.5 Å². The fraction of sp³-hybridized carbons (Fsp3) is 0.320. The molecule has 1 fully saturated rings. The van der Waals surface area contributed by atoms with Gasteiger partial charge < -0.3 is 25.8 Å². The maximum Gasteiger partial charge on any atom is 0.276 e. The van der Waals surface area contributed by atoms with Crippen molar-refractivity contribution in [2.45, 2.75) is 41.6 Å². The molecule has 3 N–H and O–H groups in total. The van der Waals surface area contributed by atoms with Crippen molar-refractivity contribution in [2.75, 3.05) is 18.6 Å². The van der Waals surface area contributed by atoms with Crippen molar-refractivity contribution in [1.29, 1.82) is 0 Å². The van der Waals surface area contributed by atoms with E-state index in [1.165, 1.54) is 58.1 Å². The highest BCUT2D eigenvalue weighted by molar-refractivity contribution is 8.07. The highest BCUT2D eigenvalue weighted by Crippen LogP contribution is 2.45. The molecule has 0 spiro atoms. The summed E-state index contributed by atoms with van der Waals surface area (Å²) in [6.07, 6.45) is 5.36. The molecule has 1 saturated heterocycles. The molecule has 0 radical (unpaired) electrons. The third kappa shape index (κ3) is 5.31. The number of carboxylic acids is 1. The minimum Gasteiger partial charge on any atom is -0.543 e. The molecule has 41 heavy (non-hydrogen) atoms. The summed E-state index contributed by atoms with van der Waals surface area (Å²) in [5.41, 5.74) is 9.14. The van der Waals surface area contributed by atoms with Crippen molar-refractivity contribution < 1.29 is 28.9 Å². The number of amides is 2. The van der Waals surface area contributed by atoms with Crippen LogP contribution in [0.15, 0.2) is 49.2 Å². The van der Waals surface area contributed by atoms with E-state index in [0.717, 1.165) is 36.3 Å². The molecule has 16 heteroatoms. The van der Waals surface area contributed by atoms with E-state index in [1.54, 1.807) is 5.38 Å². The second-order valence-corrected chi connectivity index (χ2v) is 13.5. The van der Waals surface area contributed by atoms with E-state index in [4.69, 9.17) is 15.6 Å². The van der Waals surface area contributed by atoms with Crippen molar-refractivity contribution in [3.63, 3.8) is 0 Å². The zero-order valence-electron chi connectivity index (χ0n) is 21.6. The average Bonchev–Trinajstić information content (AvgIpc) is 3.71. The summed E-state index contributed by atoms with van der Waals surface area (Å²) in [5, 5.41) is 21.7. The molecule has 2 amide bonds. The first kappa shape index (κ1) is 27.7. The number of hydrogen-bond donors (Lipinski definition) is 2. The maximum absolute atomic E-state index is 13.1. The lowest BCUT2D eigenvalue weighted by atomic mass is 10.0. The van der Waals surface area contributed by atoms with E-state index in [-0.39, 0.29) is 22.2 Å². The van der Waals surface area contributed by atoms with E-state index in [2.05, 4.69) is 38.4 Å². The topological polar surface area (TPSA) is 167 Å². The fourth-order valence-electron chi connectivity index (χ4n) is 5.01. The number of aromatic nitrogens is 3. The van der Waals surface area contributed by atoms with E-state index >= 15 is 0 Å². The number of hydrogen-bond acceptors (Lipinski definition) is 13. The molecule has 0 unspecified atom stereocenters. The summed E-state index contributed by atoms with van der Waals surface area (Å²) >= 11 is 5.14. The first-order valence-corrected chi connectivity index (χ1v) is 16.1. The number of rotatable bonds is 9. The van der Waals surface area contributed by atoms with E-state index in [1.807, 2.05) is 5.38 Å². The Morgan fingerprint density at radius 3 is 2.93 bits per heavy atom. The number of oxime groups is 1. The first-order valence-electron chi connectivity index (χ1n) is 12.5. The van der Waals surface area contributed by atoms with Crippen molar-refractivity contribution in [3.8, 4) is 0 Å². The number of carbonyl (C=O) groups is 3. The molecular formula is C25H23N7O5S4. The zero-order valence-corrected chi connectivity index (χ0v) is 24.8. The van der Waals surface area contributed by atoms with Crippen LogP contribution >= 0.6 is 46.2 Å². The predicted molar refractivity (Wildman–Crippen MR) is 153 cm³/mol. The average molecular weight is 630 g/mol. The molecule has 3 aromatic heterocycles. The highest BCUT2D eigenvalue weighted by atomic mass is 32.2. The fourth-order valence-corrected chi connectivity index (χ4v) is 9.02. The van der Waals surface area contributed by atoms with Gasteiger partial charge in [0, 0.05) is 39.5 Å². The molecule has 3 aromatic rings. The SMILES string of the molecule is CO/N=C(\C(=O)N[C@@H]1C(=O)N2C(C(=O)[O-])=C(Sc3nc(C[n+]4cccc5c4CCC5)cs3)CS[C@H]12)c1csc(N)n1. The summed E-state index contributed by atoms with van der Waals surface area (Å²) < 4.78 is 2.90. The van der Waals surface area contributed by atoms with Gasteiger partial charge in [0.1, 0.15) is 29.9 Å². The number of nitrogens with zero attached hydrogens (tertiary/aromatic N) is 5. The van der Waals surface area contributed by atoms with Crippen LogP contribution < -0.4 is 20.7 Å². The Bertz CT molecular complexity index is 1620. The highest BCUT2D eigenvalue weighted by Gasteiger charge is 2.53. The third-order valence-corrected chi connectivity index (χ3v) is 11.0. The lowest BCUT2D eigenvalue weighted by molar-refractivity contribution is -0.695. The molecule has 6 rings (SSSR count). The third-order valence-electron chi connectivity index (χ3n) is 6.79. The van der Waals surface area contributed by atoms with Crippen molar-refractivity contribution in [1.82, 2.24) is 20.2 Å². The second kappa shape index (κ2) is 11.4. The van der Waals surface area contributed by atoms with Crippen LogP contribution in [0, 0.1) is 0 Å². The lowest BCUT2D eigenvalue weighted by Gasteiger charge is -2.50. The van der Waals surface area contributed by atoms with Gasteiger partial charge in [-0.05, 0) is 18.9 Å². The summed E-state index contributed by atoms with van der Waals surface area (Å²) in [4.78, 5) is 53.5. The molecule has 0 saturated carbocycles. The van der Waals surface area contributed by atoms with Crippen LogP contribution in [0.2, 0.25) is 0 Å². The molecule has 12 nitrogen and oxygen atoms in total. The quantitative estimate of drug-likeness (QED) is 0.147. The van der Waals surface area contributed by atoms with Gasteiger partial charge in [-0.1, -0.05) is 16.9 Å². The van der Waals surface area contributed by atoms with Crippen LogP contribution in [-0.2, 0) is 38.6 Å². The Labute approximate surface area is 250 Å². The summed E-state index contributed by atoms with van der Waals surface area (Å²) in [5.74, 6) is -2.39. The number of aryl methyl sites for hydroxylation is 1. The molecular weight excluding hydrogens is 607 g/mol. The number of pyridine rings is 1. The molecule has 0 bridgehead atoms. The number of fused-ring (bicyclic) bond motifs is 2. The predicted octanol–water partition coefficient (Wildman–Crippen LogP) is 0.511. The number of anilines is 1. The number of carboxylic acid groups (broad SMARTS) is 1. The first-order chi connectivity index (χ1) is 19.8. The Hall–Kier alpha value is -3.47.